The molecule has 0 bridgehead atoms. The molecule has 0 saturated heterocycles. The molecule has 0 atom stereocenters. The molecule has 170 valence electrons. The van der Waals surface area contributed by atoms with Gasteiger partial charge in [-0.1, -0.05) is 115 Å². The summed E-state index contributed by atoms with van der Waals surface area (Å²) in [6.45, 7) is 2.27. The second-order valence-corrected chi connectivity index (χ2v) is 8.62. The third-order valence-electron chi connectivity index (χ3n) is 5.96. The Bertz CT molecular complexity index is 613. The van der Waals surface area contributed by atoms with E-state index in [0.717, 1.165) is 24.8 Å². The van der Waals surface area contributed by atoms with E-state index in [1.54, 1.807) is 12.1 Å². The number of nitrogens with two attached hydrogens (primary N) is 2. The number of carbonyl (C=O) groups is 2. The number of unbranched alkanes of at least 4 members (excludes halogenated alkanes) is 15. The van der Waals surface area contributed by atoms with Crippen LogP contribution in [-0.4, -0.2) is 11.8 Å². The smallest absolute Gasteiger partial charge is 0.249 e. The van der Waals surface area contributed by atoms with Crippen molar-refractivity contribution in [2.45, 2.75) is 116 Å². The third kappa shape index (κ3) is 11.4. The van der Waals surface area contributed by atoms with E-state index in [-0.39, 0.29) is 5.56 Å². The molecule has 4 heteroatoms. The normalized spacial score (nSPS) is 11.0. The Hall–Kier alpha value is -1.84. The fourth-order valence-corrected chi connectivity index (χ4v) is 4.17. The highest BCUT2D eigenvalue weighted by molar-refractivity contribution is 6.07. The van der Waals surface area contributed by atoms with Gasteiger partial charge in [-0.25, -0.2) is 0 Å². The maximum atomic E-state index is 11.7. The van der Waals surface area contributed by atoms with Gasteiger partial charge in [-0.3, -0.25) is 9.59 Å². The Morgan fingerprint density at radius 3 is 1.47 bits per heavy atom. The zero-order chi connectivity index (χ0) is 22.0. The molecule has 0 heterocycles. The summed E-state index contributed by atoms with van der Waals surface area (Å²) in [7, 11) is 0. The Morgan fingerprint density at radius 1 is 0.633 bits per heavy atom. The molecule has 1 aromatic carbocycles. The molecular weight excluding hydrogens is 372 g/mol. The van der Waals surface area contributed by atoms with Crippen LogP contribution in [0.4, 0.5) is 0 Å². The van der Waals surface area contributed by atoms with Gasteiger partial charge in [-0.2, -0.15) is 0 Å². The van der Waals surface area contributed by atoms with E-state index in [4.69, 9.17) is 11.5 Å². The van der Waals surface area contributed by atoms with Crippen molar-refractivity contribution in [2.24, 2.45) is 11.5 Å². The predicted molar refractivity (Wildman–Crippen MR) is 127 cm³/mol. The summed E-state index contributed by atoms with van der Waals surface area (Å²) >= 11 is 0. The highest BCUT2D eigenvalue weighted by Gasteiger charge is 2.16. The van der Waals surface area contributed by atoms with Crippen molar-refractivity contribution in [3.8, 4) is 0 Å². The predicted octanol–water partition coefficient (Wildman–Crippen LogP) is 6.69. The number of carbonyl (C=O) groups excluding carboxylic acids is 2. The van der Waals surface area contributed by atoms with Crippen LogP contribution in [0.3, 0.4) is 0 Å². The van der Waals surface area contributed by atoms with Gasteiger partial charge in [0.1, 0.15) is 0 Å². The number of aryl methyl sites for hydroxylation is 1. The number of hydrogen-bond donors (Lipinski definition) is 2. The van der Waals surface area contributed by atoms with Crippen LogP contribution in [0.15, 0.2) is 18.2 Å². The van der Waals surface area contributed by atoms with Gasteiger partial charge in [0.05, 0.1) is 11.1 Å². The lowest BCUT2D eigenvalue weighted by molar-refractivity contribution is 0.0966. The van der Waals surface area contributed by atoms with Crippen molar-refractivity contribution in [3.05, 3.63) is 34.9 Å². The van der Waals surface area contributed by atoms with Crippen LogP contribution in [0.2, 0.25) is 0 Å². The maximum Gasteiger partial charge on any atom is 0.249 e. The highest BCUT2D eigenvalue weighted by Crippen LogP contribution is 2.18. The number of hydrogen-bond acceptors (Lipinski definition) is 2. The van der Waals surface area contributed by atoms with Crippen molar-refractivity contribution in [2.75, 3.05) is 0 Å². The van der Waals surface area contributed by atoms with Crippen LogP contribution >= 0.6 is 0 Å². The number of amides is 2. The molecule has 0 spiro atoms. The summed E-state index contributed by atoms with van der Waals surface area (Å²) < 4.78 is 0. The number of benzene rings is 1. The van der Waals surface area contributed by atoms with Crippen LogP contribution in [-0.2, 0) is 6.42 Å². The largest absolute Gasteiger partial charge is 0.366 e. The Labute approximate surface area is 184 Å². The summed E-state index contributed by atoms with van der Waals surface area (Å²) in [5, 5.41) is 0. The first-order valence-corrected chi connectivity index (χ1v) is 12.3. The van der Waals surface area contributed by atoms with Gasteiger partial charge >= 0.3 is 0 Å². The molecule has 0 aliphatic heterocycles. The first-order valence-electron chi connectivity index (χ1n) is 12.3. The lowest BCUT2D eigenvalue weighted by Crippen LogP contribution is -2.22. The minimum Gasteiger partial charge on any atom is -0.366 e. The molecule has 1 aromatic rings. The van der Waals surface area contributed by atoms with Crippen molar-refractivity contribution >= 4 is 11.8 Å². The molecular formula is C26H44N2O2. The lowest BCUT2D eigenvalue weighted by atomic mass is 9.95. The summed E-state index contributed by atoms with van der Waals surface area (Å²) in [6, 6.07) is 5.21. The van der Waals surface area contributed by atoms with Gasteiger partial charge in [-0.05, 0) is 24.5 Å². The van der Waals surface area contributed by atoms with E-state index in [1.807, 2.05) is 6.07 Å². The summed E-state index contributed by atoms with van der Waals surface area (Å²) in [6.07, 6.45) is 22.1. The zero-order valence-corrected chi connectivity index (χ0v) is 19.2. The first-order chi connectivity index (χ1) is 14.6. The zero-order valence-electron chi connectivity index (χ0n) is 19.2. The minimum atomic E-state index is -0.599. The number of rotatable bonds is 19. The van der Waals surface area contributed by atoms with E-state index < -0.39 is 11.8 Å². The van der Waals surface area contributed by atoms with Gasteiger partial charge in [0.25, 0.3) is 0 Å². The van der Waals surface area contributed by atoms with Crippen LogP contribution < -0.4 is 11.5 Å². The molecule has 0 fully saturated rings. The second kappa shape index (κ2) is 16.9. The molecule has 4 nitrogen and oxygen atoms in total. The van der Waals surface area contributed by atoms with Gasteiger partial charge in [0.15, 0.2) is 0 Å². The van der Waals surface area contributed by atoms with E-state index >= 15 is 0 Å². The van der Waals surface area contributed by atoms with Gasteiger partial charge in [0, 0.05) is 0 Å². The molecule has 1 rings (SSSR count). The molecule has 0 radical (unpaired) electrons. The van der Waals surface area contributed by atoms with E-state index in [2.05, 4.69) is 6.92 Å². The maximum absolute atomic E-state index is 11.7. The van der Waals surface area contributed by atoms with Crippen LogP contribution in [0.5, 0.6) is 0 Å². The average Bonchev–Trinajstić information content (AvgIpc) is 2.73. The quantitative estimate of drug-likeness (QED) is 0.246. The van der Waals surface area contributed by atoms with Crippen molar-refractivity contribution in [3.63, 3.8) is 0 Å². The molecule has 30 heavy (non-hydrogen) atoms. The van der Waals surface area contributed by atoms with E-state index in [9.17, 15) is 9.59 Å². The molecule has 2 amide bonds. The molecule has 0 aromatic heterocycles. The summed E-state index contributed by atoms with van der Waals surface area (Å²) in [5.41, 5.74) is 12.2. The number of primary amides is 2. The Kier molecular flexibility index (Phi) is 14.8. The Morgan fingerprint density at radius 2 is 1.07 bits per heavy atom. The fraction of sp³-hybridized carbons (Fsp3) is 0.692. The van der Waals surface area contributed by atoms with Crippen molar-refractivity contribution < 1.29 is 9.59 Å². The summed E-state index contributed by atoms with van der Waals surface area (Å²) in [5.74, 6) is -1.17. The molecule has 0 aliphatic carbocycles. The third-order valence-corrected chi connectivity index (χ3v) is 5.96. The van der Waals surface area contributed by atoms with E-state index in [1.165, 1.54) is 89.9 Å². The van der Waals surface area contributed by atoms with Gasteiger partial charge < -0.3 is 11.5 Å². The van der Waals surface area contributed by atoms with Crippen molar-refractivity contribution in [1.82, 2.24) is 0 Å². The fourth-order valence-electron chi connectivity index (χ4n) is 4.17. The standard InChI is InChI=1S/C26H44N2O2/c1-2-3-4-5-6-7-8-9-10-11-12-13-14-15-16-17-19-22-20-18-21-23(25(27)29)24(22)26(28)30/h18,20-21H,2-17,19H2,1H3,(H2,27,29)(H2,28,30). The highest BCUT2D eigenvalue weighted by atomic mass is 16.2. The minimum absolute atomic E-state index is 0.233. The Balaban J connectivity index is 2.03. The first kappa shape index (κ1) is 26.2. The van der Waals surface area contributed by atoms with Crippen molar-refractivity contribution in [1.29, 1.82) is 0 Å². The second-order valence-electron chi connectivity index (χ2n) is 8.62. The topological polar surface area (TPSA) is 86.2 Å². The summed E-state index contributed by atoms with van der Waals surface area (Å²) in [4.78, 5) is 23.2. The average molecular weight is 417 g/mol. The molecule has 0 saturated carbocycles. The molecule has 0 aliphatic rings. The monoisotopic (exact) mass is 416 g/mol. The van der Waals surface area contributed by atoms with Gasteiger partial charge in [-0.15, -0.1) is 0 Å². The van der Waals surface area contributed by atoms with Crippen LogP contribution in [0.1, 0.15) is 136 Å². The molecule has 4 N–H and O–H groups in total. The lowest BCUT2D eigenvalue weighted by Gasteiger charge is -2.10. The molecule has 0 unspecified atom stereocenters. The van der Waals surface area contributed by atoms with E-state index in [0.29, 0.717) is 5.56 Å². The van der Waals surface area contributed by atoms with Crippen LogP contribution in [0.25, 0.3) is 0 Å². The van der Waals surface area contributed by atoms with Crippen LogP contribution in [0, 0.1) is 0 Å². The van der Waals surface area contributed by atoms with Gasteiger partial charge in [0.2, 0.25) is 11.8 Å². The SMILES string of the molecule is CCCCCCCCCCCCCCCCCCc1cccc(C(N)=O)c1C(N)=O.